The third kappa shape index (κ3) is 3.52. The maximum atomic E-state index is 13.0. The van der Waals surface area contributed by atoms with Crippen molar-refractivity contribution in [2.75, 3.05) is 12.0 Å². The van der Waals surface area contributed by atoms with Crippen molar-refractivity contribution in [3.63, 3.8) is 0 Å². The first-order chi connectivity index (χ1) is 12.5. The summed E-state index contributed by atoms with van der Waals surface area (Å²) in [5.74, 6) is 7.22. The van der Waals surface area contributed by atoms with Gasteiger partial charge in [-0.25, -0.2) is 8.91 Å². The van der Waals surface area contributed by atoms with Crippen LogP contribution in [0.5, 0.6) is 0 Å². The van der Waals surface area contributed by atoms with Crippen molar-refractivity contribution in [3.8, 4) is 11.8 Å². The van der Waals surface area contributed by atoms with E-state index in [0.717, 1.165) is 22.4 Å². The maximum absolute atomic E-state index is 13.0. The van der Waals surface area contributed by atoms with Crippen LogP contribution in [-0.4, -0.2) is 27.3 Å². The number of nitrogens with one attached hydrogen (secondary N) is 1. The molecule has 0 saturated carbocycles. The molecule has 0 bridgehead atoms. The zero-order chi connectivity index (χ0) is 18.7. The van der Waals surface area contributed by atoms with Gasteiger partial charge in [0.1, 0.15) is 23.6 Å². The molecule has 3 N–H and O–H groups in total. The molecule has 3 aromatic rings. The Morgan fingerprint density at radius 1 is 1.50 bits per heavy atom. The largest absolute Gasteiger partial charge is 0.467 e. The van der Waals surface area contributed by atoms with Crippen LogP contribution in [0.2, 0.25) is 5.28 Å². The lowest BCUT2D eigenvalue weighted by Gasteiger charge is -2.08. The van der Waals surface area contributed by atoms with E-state index >= 15 is 0 Å². The first-order valence-corrected chi connectivity index (χ1v) is 8.51. The van der Waals surface area contributed by atoms with Crippen LogP contribution in [0.1, 0.15) is 29.5 Å². The average Bonchev–Trinajstić information content (AvgIpc) is 3.22. The Kier molecular flexibility index (Phi) is 5.45. The summed E-state index contributed by atoms with van der Waals surface area (Å²) in [6.07, 6.45) is 1.96. The second-order valence-corrected chi connectivity index (χ2v) is 6.21. The van der Waals surface area contributed by atoms with Crippen molar-refractivity contribution in [2.45, 2.75) is 32.9 Å². The van der Waals surface area contributed by atoms with E-state index in [1.807, 2.05) is 19.1 Å². The standard InChI is InChI=1S/C18H19ClFN5O/c1-3-5-15-14(8-12(21)9-20)11(2)16-17(23-18(19)24-25(15)16)22-10-13-6-4-7-26-13/h4,6-7,12H,8-10,21H2,1-2H3,(H,22,23,24)/t12-/m1/s1. The molecule has 0 spiro atoms. The fourth-order valence-corrected chi connectivity index (χ4v) is 3.03. The quantitative estimate of drug-likeness (QED) is 0.647. The van der Waals surface area contributed by atoms with Crippen molar-refractivity contribution in [2.24, 2.45) is 5.73 Å². The van der Waals surface area contributed by atoms with E-state index in [1.165, 1.54) is 0 Å². The Labute approximate surface area is 155 Å². The fraction of sp³-hybridized carbons (Fsp3) is 0.333. The molecular formula is C18H19ClFN5O. The zero-order valence-corrected chi connectivity index (χ0v) is 15.3. The number of anilines is 1. The number of hydrogen-bond acceptors (Lipinski definition) is 5. The van der Waals surface area contributed by atoms with Crippen molar-refractivity contribution in [3.05, 3.63) is 46.3 Å². The molecule has 26 heavy (non-hydrogen) atoms. The van der Waals surface area contributed by atoms with E-state index in [2.05, 4.69) is 27.2 Å². The molecule has 0 amide bonds. The first-order valence-electron chi connectivity index (χ1n) is 8.13. The minimum Gasteiger partial charge on any atom is -0.467 e. The number of rotatable bonds is 6. The second kappa shape index (κ2) is 7.77. The summed E-state index contributed by atoms with van der Waals surface area (Å²) in [6.45, 7) is 3.48. The second-order valence-electron chi connectivity index (χ2n) is 5.87. The molecule has 0 fully saturated rings. The molecule has 0 saturated heterocycles. The molecule has 0 aliphatic heterocycles. The number of nitrogens with two attached hydrogens (primary N) is 1. The number of hydrogen-bond donors (Lipinski definition) is 2. The number of furan rings is 1. The lowest BCUT2D eigenvalue weighted by atomic mass is 10.0. The smallest absolute Gasteiger partial charge is 0.243 e. The molecule has 8 heteroatoms. The summed E-state index contributed by atoms with van der Waals surface area (Å²) in [7, 11) is 0. The fourth-order valence-electron chi connectivity index (χ4n) is 2.87. The van der Waals surface area contributed by atoms with Gasteiger partial charge in [-0.1, -0.05) is 5.92 Å². The Balaban J connectivity index is 2.13. The average molecular weight is 376 g/mol. The summed E-state index contributed by atoms with van der Waals surface area (Å²) in [5.41, 5.74) is 8.96. The molecule has 6 nitrogen and oxygen atoms in total. The van der Waals surface area contributed by atoms with E-state index in [4.69, 9.17) is 21.8 Å². The highest BCUT2D eigenvalue weighted by molar-refractivity contribution is 6.28. The van der Waals surface area contributed by atoms with Gasteiger partial charge in [-0.3, -0.25) is 0 Å². The van der Waals surface area contributed by atoms with Crippen molar-refractivity contribution < 1.29 is 8.81 Å². The minimum absolute atomic E-state index is 0.0786. The highest BCUT2D eigenvalue weighted by Gasteiger charge is 2.21. The van der Waals surface area contributed by atoms with Gasteiger partial charge < -0.3 is 15.5 Å². The monoisotopic (exact) mass is 375 g/mol. The Morgan fingerprint density at radius 3 is 2.96 bits per heavy atom. The molecule has 0 radical (unpaired) electrons. The van der Waals surface area contributed by atoms with Gasteiger partial charge in [0.2, 0.25) is 5.28 Å². The Morgan fingerprint density at radius 2 is 2.31 bits per heavy atom. The number of alkyl halides is 1. The molecule has 3 aromatic heterocycles. The SMILES string of the molecule is CC#Cc1c(C[C@@H](N)CF)c(C)c2c(NCc3ccco3)nc(Cl)nn12. The molecule has 1 atom stereocenters. The molecule has 0 unspecified atom stereocenters. The third-order valence-electron chi connectivity index (χ3n) is 4.05. The van der Waals surface area contributed by atoms with Crippen LogP contribution in [0.3, 0.4) is 0 Å². The molecule has 3 heterocycles. The minimum atomic E-state index is -0.610. The lowest BCUT2D eigenvalue weighted by molar-refractivity contribution is 0.426. The van der Waals surface area contributed by atoms with E-state index in [1.54, 1.807) is 17.7 Å². The van der Waals surface area contributed by atoms with Crippen LogP contribution in [0, 0.1) is 18.8 Å². The molecular weight excluding hydrogens is 357 g/mol. The highest BCUT2D eigenvalue weighted by atomic mass is 35.5. The number of aryl methyl sites for hydroxylation is 1. The maximum Gasteiger partial charge on any atom is 0.243 e. The zero-order valence-electron chi connectivity index (χ0n) is 14.5. The van der Waals surface area contributed by atoms with Crippen molar-refractivity contribution >= 4 is 22.9 Å². The van der Waals surface area contributed by atoms with Crippen LogP contribution in [-0.2, 0) is 13.0 Å². The molecule has 136 valence electrons. The van der Waals surface area contributed by atoms with Crippen molar-refractivity contribution in [1.29, 1.82) is 0 Å². The van der Waals surface area contributed by atoms with Gasteiger partial charge in [0.15, 0.2) is 5.82 Å². The first kappa shape index (κ1) is 18.2. The summed E-state index contributed by atoms with van der Waals surface area (Å²) in [4.78, 5) is 4.30. The third-order valence-corrected chi connectivity index (χ3v) is 4.21. The summed E-state index contributed by atoms with van der Waals surface area (Å²) >= 11 is 6.11. The van der Waals surface area contributed by atoms with Gasteiger partial charge in [0, 0.05) is 6.04 Å². The van der Waals surface area contributed by atoms with Gasteiger partial charge >= 0.3 is 0 Å². The summed E-state index contributed by atoms with van der Waals surface area (Å²) in [5, 5.41) is 7.58. The van der Waals surface area contributed by atoms with Crippen molar-refractivity contribution in [1.82, 2.24) is 14.6 Å². The predicted molar refractivity (Wildman–Crippen MR) is 99.0 cm³/mol. The Hall–Kier alpha value is -2.56. The van der Waals surface area contributed by atoms with Gasteiger partial charge in [-0.2, -0.15) is 4.98 Å². The van der Waals surface area contributed by atoms with Crippen LogP contribution in [0.4, 0.5) is 10.2 Å². The Bertz CT molecular complexity index is 971. The predicted octanol–water partition coefficient (Wildman–Crippen LogP) is 3.11. The van der Waals surface area contributed by atoms with E-state index < -0.39 is 12.7 Å². The van der Waals surface area contributed by atoms with Crippen LogP contribution >= 0.6 is 11.6 Å². The lowest BCUT2D eigenvalue weighted by Crippen LogP contribution is -2.25. The van der Waals surface area contributed by atoms with E-state index in [-0.39, 0.29) is 5.28 Å². The molecule has 3 rings (SSSR count). The number of nitrogens with zero attached hydrogens (tertiary/aromatic N) is 3. The van der Waals surface area contributed by atoms with E-state index in [0.29, 0.717) is 24.5 Å². The molecule has 0 aliphatic rings. The van der Waals surface area contributed by atoms with Gasteiger partial charge in [0.25, 0.3) is 0 Å². The van der Waals surface area contributed by atoms with E-state index in [9.17, 15) is 4.39 Å². The van der Waals surface area contributed by atoms with Crippen LogP contribution in [0.25, 0.3) is 5.52 Å². The van der Waals surface area contributed by atoms with Crippen LogP contribution < -0.4 is 11.1 Å². The number of fused-ring (bicyclic) bond motifs is 1. The molecule has 0 aromatic carbocycles. The highest BCUT2D eigenvalue weighted by Crippen LogP contribution is 2.29. The number of halogens is 2. The summed E-state index contributed by atoms with van der Waals surface area (Å²) < 4.78 is 19.9. The topological polar surface area (TPSA) is 81.4 Å². The van der Waals surface area contributed by atoms with Crippen LogP contribution in [0.15, 0.2) is 22.8 Å². The molecule has 0 aliphatic carbocycles. The summed E-state index contributed by atoms with van der Waals surface area (Å²) in [6, 6.07) is 3.07. The number of aromatic nitrogens is 3. The van der Waals surface area contributed by atoms with Gasteiger partial charge in [-0.15, -0.1) is 5.10 Å². The van der Waals surface area contributed by atoms with Gasteiger partial charge in [0.05, 0.1) is 12.8 Å². The van der Waals surface area contributed by atoms with Gasteiger partial charge in [-0.05, 0) is 61.0 Å². The normalized spacial score (nSPS) is 12.0.